The second kappa shape index (κ2) is 7.88. The Labute approximate surface area is 169 Å². The first kappa shape index (κ1) is 20.0. The lowest BCUT2D eigenvalue weighted by Crippen LogP contribution is -2.36. The summed E-state index contributed by atoms with van der Waals surface area (Å²) in [5, 5.41) is 29.6. The van der Waals surface area contributed by atoms with E-state index in [9.17, 15) is 19.8 Å². The molecule has 3 heterocycles. The van der Waals surface area contributed by atoms with Crippen molar-refractivity contribution in [2.75, 3.05) is 12.1 Å². The Hall–Kier alpha value is -3.25. The van der Waals surface area contributed by atoms with Crippen molar-refractivity contribution in [2.24, 2.45) is 0 Å². The minimum absolute atomic E-state index is 0.0539. The normalized spacial score (nSPS) is 23.6. The topological polar surface area (TPSA) is 156 Å². The van der Waals surface area contributed by atoms with E-state index in [2.05, 4.69) is 10.5 Å². The predicted molar refractivity (Wildman–Crippen MR) is 101 cm³/mol. The minimum Gasteiger partial charge on any atom is -0.460 e. The molecule has 0 amide bonds. The Morgan fingerprint density at radius 1 is 1.27 bits per heavy atom. The standard InChI is InChI=1S/C19H19N3O8/c1-9-14(10-4-2-3-5-11(10)28-9)18(26)30-21-13-6-7-22(19(27)20-13)17-16(25)15(24)12(8-23)29-17/h2-7,12,15-17,23-25H,8H2,1H3,(H,20,21,27)/t12-,15-,16-,17-/m1/s1. The van der Waals surface area contributed by atoms with E-state index in [1.807, 2.05) is 0 Å². The SMILES string of the molecule is Cc1oc2ccccc2c1C(=O)ONc1ccn([C@@H]2O[C@H](CO)[C@@H](O)[C@H]2O)c(=O)n1. The molecule has 158 valence electrons. The number of para-hydroxylation sites is 1. The number of aliphatic hydroxyl groups excluding tert-OH is 3. The molecule has 0 spiro atoms. The van der Waals surface area contributed by atoms with Gasteiger partial charge in [-0.1, -0.05) is 18.2 Å². The van der Waals surface area contributed by atoms with Gasteiger partial charge in [-0.2, -0.15) is 10.5 Å². The monoisotopic (exact) mass is 417 g/mol. The number of aliphatic hydroxyl groups is 3. The molecule has 1 fully saturated rings. The van der Waals surface area contributed by atoms with Crippen molar-refractivity contribution >= 4 is 22.8 Å². The lowest BCUT2D eigenvalue weighted by Gasteiger charge is -2.17. The molecular formula is C19H19N3O8. The number of hydrogen-bond donors (Lipinski definition) is 4. The van der Waals surface area contributed by atoms with Crippen LogP contribution in [0.4, 0.5) is 5.82 Å². The quantitative estimate of drug-likeness (QED) is 0.420. The number of fused-ring (bicyclic) bond motifs is 1. The first-order chi connectivity index (χ1) is 14.4. The molecule has 3 aromatic rings. The predicted octanol–water partition coefficient (Wildman–Crippen LogP) is 0.0933. The Morgan fingerprint density at radius 2 is 2.03 bits per heavy atom. The second-order valence-corrected chi connectivity index (χ2v) is 6.75. The van der Waals surface area contributed by atoms with Crippen LogP contribution in [0.3, 0.4) is 0 Å². The van der Waals surface area contributed by atoms with Gasteiger partial charge in [0.05, 0.1) is 6.61 Å². The van der Waals surface area contributed by atoms with Gasteiger partial charge in [0.1, 0.15) is 35.2 Å². The molecule has 0 aliphatic carbocycles. The molecule has 11 nitrogen and oxygen atoms in total. The number of carbonyl (C=O) groups excluding carboxylic acids is 1. The summed E-state index contributed by atoms with van der Waals surface area (Å²) in [6.45, 7) is 1.12. The van der Waals surface area contributed by atoms with Gasteiger partial charge in [-0.3, -0.25) is 4.57 Å². The van der Waals surface area contributed by atoms with Crippen LogP contribution in [-0.4, -0.2) is 55.8 Å². The number of aryl methyl sites for hydroxylation is 1. The molecule has 4 rings (SSSR count). The minimum atomic E-state index is -1.42. The summed E-state index contributed by atoms with van der Waals surface area (Å²) in [5.41, 5.74) is 2.28. The van der Waals surface area contributed by atoms with E-state index in [0.29, 0.717) is 16.7 Å². The summed E-state index contributed by atoms with van der Waals surface area (Å²) in [4.78, 5) is 33.5. The molecular weight excluding hydrogens is 398 g/mol. The van der Waals surface area contributed by atoms with E-state index in [4.69, 9.17) is 19.1 Å². The number of aromatic nitrogens is 2. The van der Waals surface area contributed by atoms with Crippen LogP contribution in [0.5, 0.6) is 0 Å². The largest absolute Gasteiger partial charge is 0.460 e. The van der Waals surface area contributed by atoms with E-state index in [1.54, 1.807) is 31.2 Å². The molecule has 1 saturated heterocycles. The summed E-state index contributed by atoms with van der Waals surface area (Å²) in [6, 6.07) is 8.32. The van der Waals surface area contributed by atoms with Gasteiger partial charge in [0, 0.05) is 17.6 Å². The highest BCUT2D eigenvalue weighted by molar-refractivity contribution is 6.04. The number of anilines is 1. The molecule has 0 unspecified atom stereocenters. The molecule has 0 saturated carbocycles. The summed E-state index contributed by atoms with van der Waals surface area (Å²) < 4.78 is 11.8. The van der Waals surface area contributed by atoms with Crippen molar-refractivity contribution in [3.05, 3.63) is 58.3 Å². The Balaban J connectivity index is 1.49. The fraction of sp³-hybridized carbons (Fsp3) is 0.316. The van der Waals surface area contributed by atoms with E-state index < -0.39 is 42.8 Å². The number of carbonyl (C=O) groups is 1. The third-order valence-corrected chi connectivity index (χ3v) is 4.85. The van der Waals surface area contributed by atoms with E-state index in [1.165, 1.54) is 12.3 Å². The Kier molecular flexibility index (Phi) is 5.26. The average Bonchev–Trinajstić information content (AvgIpc) is 3.22. The fourth-order valence-electron chi connectivity index (χ4n) is 3.34. The maximum atomic E-state index is 12.5. The molecule has 2 aromatic heterocycles. The third-order valence-electron chi connectivity index (χ3n) is 4.85. The van der Waals surface area contributed by atoms with Crippen molar-refractivity contribution in [3.8, 4) is 0 Å². The molecule has 4 atom stereocenters. The van der Waals surface area contributed by atoms with Crippen LogP contribution in [0, 0.1) is 6.92 Å². The number of nitrogens with zero attached hydrogens (tertiary/aromatic N) is 2. The van der Waals surface area contributed by atoms with Crippen molar-refractivity contribution in [1.82, 2.24) is 9.55 Å². The van der Waals surface area contributed by atoms with E-state index in [-0.39, 0.29) is 11.4 Å². The number of nitrogens with one attached hydrogen (secondary N) is 1. The van der Waals surface area contributed by atoms with Crippen molar-refractivity contribution in [1.29, 1.82) is 0 Å². The first-order valence-corrected chi connectivity index (χ1v) is 9.07. The average molecular weight is 417 g/mol. The highest BCUT2D eigenvalue weighted by Gasteiger charge is 2.43. The summed E-state index contributed by atoms with van der Waals surface area (Å²) in [5.74, 6) is -0.385. The van der Waals surface area contributed by atoms with E-state index >= 15 is 0 Å². The molecule has 1 aliphatic rings. The van der Waals surface area contributed by atoms with Gasteiger partial charge in [0.15, 0.2) is 12.0 Å². The molecule has 1 aromatic carbocycles. The van der Waals surface area contributed by atoms with Gasteiger partial charge in [0.2, 0.25) is 0 Å². The van der Waals surface area contributed by atoms with Gasteiger partial charge in [-0.15, -0.1) is 0 Å². The van der Waals surface area contributed by atoms with Crippen LogP contribution >= 0.6 is 0 Å². The van der Waals surface area contributed by atoms with Gasteiger partial charge in [-0.25, -0.2) is 9.59 Å². The second-order valence-electron chi connectivity index (χ2n) is 6.75. The smallest absolute Gasteiger partial charge is 0.367 e. The van der Waals surface area contributed by atoms with Crippen LogP contribution in [0.15, 0.2) is 45.7 Å². The van der Waals surface area contributed by atoms with Crippen LogP contribution in [0.2, 0.25) is 0 Å². The number of ether oxygens (including phenoxy) is 1. The molecule has 0 bridgehead atoms. The molecule has 11 heteroatoms. The van der Waals surface area contributed by atoms with Crippen molar-refractivity contribution < 1.29 is 34.1 Å². The first-order valence-electron chi connectivity index (χ1n) is 9.07. The van der Waals surface area contributed by atoms with Crippen LogP contribution in [-0.2, 0) is 9.57 Å². The number of rotatable bonds is 5. The van der Waals surface area contributed by atoms with Crippen LogP contribution in [0.25, 0.3) is 11.0 Å². The number of furan rings is 1. The zero-order chi connectivity index (χ0) is 21.4. The van der Waals surface area contributed by atoms with Gasteiger partial charge >= 0.3 is 11.7 Å². The molecule has 0 radical (unpaired) electrons. The van der Waals surface area contributed by atoms with Crippen molar-refractivity contribution in [2.45, 2.75) is 31.5 Å². The third kappa shape index (κ3) is 3.44. The zero-order valence-corrected chi connectivity index (χ0v) is 15.8. The Bertz CT molecular complexity index is 1140. The Morgan fingerprint density at radius 3 is 2.73 bits per heavy atom. The van der Waals surface area contributed by atoms with Crippen molar-refractivity contribution in [3.63, 3.8) is 0 Å². The van der Waals surface area contributed by atoms with Gasteiger partial charge in [0.25, 0.3) is 0 Å². The number of hydrogen-bond acceptors (Lipinski definition) is 10. The lowest BCUT2D eigenvalue weighted by molar-refractivity contribution is -0.0549. The van der Waals surface area contributed by atoms with Gasteiger partial charge < -0.3 is 29.3 Å². The van der Waals surface area contributed by atoms with Gasteiger partial charge in [-0.05, 0) is 13.0 Å². The molecule has 30 heavy (non-hydrogen) atoms. The number of benzene rings is 1. The summed E-state index contributed by atoms with van der Waals surface area (Å²) in [6.07, 6.45) is -3.75. The summed E-state index contributed by atoms with van der Waals surface area (Å²) >= 11 is 0. The fourth-order valence-corrected chi connectivity index (χ4v) is 3.34. The van der Waals surface area contributed by atoms with Crippen LogP contribution < -0.4 is 11.2 Å². The lowest BCUT2D eigenvalue weighted by atomic mass is 10.1. The molecule has 1 aliphatic heterocycles. The highest BCUT2D eigenvalue weighted by Crippen LogP contribution is 2.28. The summed E-state index contributed by atoms with van der Waals surface area (Å²) in [7, 11) is 0. The maximum absolute atomic E-state index is 12.5. The van der Waals surface area contributed by atoms with Crippen LogP contribution in [0.1, 0.15) is 22.3 Å². The maximum Gasteiger partial charge on any atom is 0.367 e. The zero-order valence-electron chi connectivity index (χ0n) is 15.8. The van der Waals surface area contributed by atoms with E-state index in [0.717, 1.165) is 4.57 Å². The highest BCUT2D eigenvalue weighted by atomic mass is 16.7. The molecule has 4 N–H and O–H groups in total.